The molecule has 0 spiro atoms. The van der Waals surface area contributed by atoms with Crippen molar-refractivity contribution in [1.82, 2.24) is 4.98 Å². The molecule has 8 nitrogen and oxygen atoms in total. The molecule has 4 amide bonds. The number of nitrogens with one attached hydrogen (secondary N) is 3. The fraction of sp³-hybridized carbons (Fsp3) is 0.0800. The number of benzene rings is 3. The van der Waals surface area contributed by atoms with Crippen molar-refractivity contribution in [2.45, 2.75) is 11.4 Å². The van der Waals surface area contributed by atoms with E-state index < -0.39 is 5.91 Å². The number of nitrogens with two attached hydrogens (primary N) is 1. The van der Waals surface area contributed by atoms with Crippen LogP contribution in [0.15, 0.2) is 77.8 Å². The monoisotopic (exact) mass is 471 g/mol. The van der Waals surface area contributed by atoms with Crippen LogP contribution in [-0.4, -0.2) is 28.6 Å². The molecular weight excluding hydrogens is 450 g/mol. The molecule has 0 unspecified atom stereocenters. The quantitative estimate of drug-likeness (QED) is 0.341. The molecule has 5 N–H and O–H groups in total. The van der Waals surface area contributed by atoms with Gasteiger partial charge in [0.25, 0.3) is 0 Å². The van der Waals surface area contributed by atoms with Gasteiger partial charge in [-0.2, -0.15) is 0 Å². The minimum atomic E-state index is -0.496. The standard InChI is InChI=1S/C25H21N5O3S/c26-24(32)16-7-5-15(6-8-16)13-30-21-11-17(9-10-22(21)34-14-23(30)31)28-25(33)29-20-12-27-19-4-2-1-3-18(19)20/h1-12,27H,13-14H2,(H2,26,32)(H2,28,29,33). The number of anilines is 3. The van der Waals surface area contributed by atoms with Crippen molar-refractivity contribution < 1.29 is 14.4 Å². The van der Waals surface area contributed by atoms with E-state index in [1.54, 1.807) is 41.4 Å². The maximum Gasteiger partial charge on any atom is 0.323 e. The van der Waals surface area contributed by atoms with Crippen LogP contribution in [0.2, 0.25) is 0 Å². The lowest BCUT2D eigenvalue weighted by Crippen LogP contribution is -2.35. The number of rotatable bonds is 5. The van der Waals surface area contributed by atoms with Gasteiger partial charge < -0.3 is 26.3 Å². The topological polar surface area (TPSA) is 120 Å². The molecule has 34 heavy (non-hydrogen) atoms. The van der Waals surface area contributed by atoms with Crippen molar-refractivity contribution in [3.05, 3.63) is 84.1 Å². The predicted octanol–water partition coefficient (Wildman–Crippen LogP) is 4.55. The van der Waals surface area contributed by atoms with Crippen LogP contribution in [0.25, 0.3) is 10.9 Å². The number of urea groups is 1. The maximum atomic E-state index is 12.7. The first kappa shape index (κ1) is 21.6. The molecule has 0 bridgehead atoms. The number of thioether (sulfide) groups is 1. The Morgan fingerprint density at radius 1 is 1.03 bits per heavy atom. The lowest BCUT2D eigenvalue weighted by Gasteiger charge is -2.29. The molecule has 3 aromatic carbocycles. The number of hydrogen-bond acceptors (Lipinski definition) is 4. The van der Waals surface area contributed by atoms with Gasteiger partial charge in [-0.1, -0.05) is 30.3 Å². The van der Waals surface area contributed by atoms with Crippen LogP contribution < -0.4 is 21.3 Å². The summed E-state index contributed by atoms with van der Waals surface area (Å²) in [4.78, 5) is 42.5. The minimum Gasteiger partial charge on any atom is -0.366 e. The van der Waals surface area contributed by atoms with E-state index in [9.17, 15) is 14.4 Å². The second kappa shape index (κ2) is 8.95. The van der Waals surface area contributed by atoms with E-state index in [0.29, 0.717) is 29.2 Å². The average Bonchev–Trinajstić information content (AvgIpc) is 3.24. The molecule has 9 heteroatoms. The molecule has 0 saturated carbocycles. The van der Waals surface area contributed by atoms with Gasteiger partial charge in [0.1, 0.15) is 0 Å². The first-order valence-corrected chi connectivity index (χ1v) is 11.6. The van der Waals surface area contributed by atoms with Crippen LogP contribution in [0.5, 0.6) is 0 Å². The molecule has 170 valence electrons. The number of aromatic amines is 1. The van der Waals surface area contributed by atoms with Gasteiger partial charge >= 0.3 is 6.03 Å². The molecule has 1 aliphatic rings. The normalized spacial score (nSPS) is 12.9. The molecule has 0 aliphatic carbocycles. The largest absolute Gasteiger partial charge is 0.366 e. The van der Waals surface area contributed by atoms with Gasteiger partial charge in [0.15, 0.2) is 0 Å². The molecule has 0 saturated heterocycles. The van der Waals surface area contributed by atoms with Crippen LogP contribution in [-0.2, 0) is 11.3 Å². The Kier molecular flexibility index (Phi) is 5.69. The Bertz CT molecular complexity index is 1410. The zero-order valence-corrected chi connectivity index (χ0v) is 18.8. The van der Waals surface area contributed by atoms with Crippen LogP contribution in [0.3, 0.4) is 0 Å². The van der Waals surface area contributed by atoms with Crippen molar-refractivity contribution in [2.24, 2.45) is 5.73 Å². The maximum absolute atomic E-state index is 12.7. The lowest BCUT2D eigenvalue weighted by molar-refractivity contribution is -0.116. The lowest BCUT2D eigenvalue weighted by atomic mass is 10.1. The van der Waals surface area contributed by atoms with E-state index in [1.807, 2.05) is 36.4 Å². The van der Waals surface area contributed by atoms with E-state index in [1.165, 1.54) is 11.8 Å². The van der Waals surface area contributed by atoms with Gasteiger partial charge in [0, 0.05) is 33.2 Å². The number of carbonyl (C=O) groups is 3. The fourth-order valence-electron chi connectivity index (χ4n) is 3.87. The van der Waals surface area contributed by atoms with Gasteiger partial charge in [0.2, 0.25) is 11.8 Å². The van der Waals surface area contributed by atoms with Crippen LogP contribution in [0.4, 0.5) is 21.9 Å². The summed E-state index contributed by atoms with van der Waals surface area (Å²) in [5, 5.41) is 6.63. The zero-order chi connectivity index (χ0) is 23.7. The summed E-state index contributed by atoms with van der Waals surface area (Å²) in [7, 11) is 0. The van der Waals surface area contributed by atoms with E-state index >= 15 is 0 Å². The Morgan fingerprint density at radius 3 is 2.62 bits per heavy atom. The zero-order valence-electron chi connectivity index (χ0n) is 18.0. The number of para-hydroxylation sites is 1. The number of carbonyl (C=O) groups excluding carboxylic acids is 3. The first-order chi connectivity index (χ1) is 16.5. The third-order valence-corrected chi connectivity index (χ3v) is 6.62. The summed E-state index contributed by atoms with van der Waals surface area (Å²) < 4.78 is 0. The number of aromatic nitrogens is 1. The van der Waals surface area contributed by atoms with Crippen molar-refractivity contribution in [3.8, 4) is 0 Å². The smallest absolute Gasteiger partial charge is 0.323 e. The third kappa shape index (κ3) is 4.33. The molecule has 4 aromatic rings. The van der Waals surface area contributed by atoms with Crippen LogP contribution in [0.1, 0.15) is 15.9 Å². The summed E-state index contributed by atoms with van der Waals surface area (Å²) in [6.07, 6.45) is 1.75. The van der Waals surface area contributed by atoms with E-state index in [0.717, 1.165) is 27.0 Å². The molecular formula is C25H21N5O3S. The van der Waals surface area contributed by atoms with Crippen molar-refractivity contribution >= 4 is 57.6 Å². The van der Waals surface area contributed by atoms with Crippen molar-refractivity contribution in [2.75, 3.05) is 21.3 Å². The number of primary amides is 1. The second-order valence-corrected chi connectivity index (χ2v) is 8.86. The molecule has 0 fully saturated rings. The fourth-order valence-corrected chi connectivity index (χ4v) is 4.79. The van der Waals surface area contributed by atoms with Gasteiger partial charge in [-0.15, -0.1) is 11.8 Å². The molecule has 1 aromatic heterocycles. The molecule has 0 radical (unpaired) electrons. The number of hydrogen-bond donors (Lipinski definition) is 4. The van der Waals surface area contributed by atoms with E-state index in [2.05, 4.69) is 15.6 Å². The molecule has 5 rings (SSSR count). The van der Waals surface area contributed by atoms with Gasteiger partial charge in [-0.05, 0) is 42.0 Å². The minimum absolute atomic E-state index is 0.0307. The Hall–Kier alpha value is -4.24. The Morgan fingerprint density at radius 2 is 1.82 bits per heavy atom. The first-order valence-electron chi connectivity index (χ1n) is 10.6. The highest BCUT2D eigenvalue weighted by Gasteiger charge is 2.25. The van der Waals surface area contributed by atoms with Crippen LogP contribution in [0, 0.1) is 0 Å². The number of amides is 4. The summed E-state index contributed by atoms with van der Waals surface area (Å²) in [5.41, 5.74) is 9.50. The molecule has 2 heterocycles. The highest BCUT2D eigenvalue weighted by atomic mass is 32.2. The van der Waals surface area contributed by atoms with E-state index in [-0.39, 0.29) is 11.9 Å². The number of H-pyrrole nitrogens is 1. The number of fused-ring (bicyclic) bond motifs is 2. The van der Waals surface area contributed by atoms with Crippen molar-refractivity contribution in [3.63, 3.8) is 0 Å². The number of nitrogens with zero attached hydrogens (tertiary/aromatic N) is 1. The SMILES string of the molecule is NC(=O)c1ccc(CN2C(=O)CSc3ccc(NC(=O)Nc4c[nH]c5ccccc45)cc32)cc1. The van der Waals surface area contributed by atoms with Gasteiger partial charge in [-0.25, -0.2) is 4.79 Å². The Labute approximate surface area is 199 Å². The predicted molar refractivity (Wildman–Crippen MR) is 134 cm³/mol. The second-order valence-electron chi connectivity index (χ2n) is 7.84. The Balaban J connectivity index is 1.34. The summed E-state index contributed by atoms with van der Waals surface area (Å²) in [6.45, 7) is 0.344. The van der Waals surface area contributed by atoms with Crippen molar-refractivity contribution in [1.29, 1.82) is 0 Å². The van der Waals surface area contributed by atoms with E-state index in [4.69, 9.17) is 5.73 Å². The summed E-state index contributed by atoms with van der Waals surface area (Å²) in [6, 6.07) is 19.7. The van der Waals surface area contributed by atoms with Gasteiger partial charge in [0.05, 0.1) is 23.7 Å². The van der Waals surface area contributed by atoms with Gasteiger partial charge in [-0.3, -0.25) is 9.59 Å². The summed E-state index contributed by atoms with van der Waals surface area (Å²) in [5.74, 6) is -0.193. The highest BCUT2D eigenvalue weighted by molar-refractivity contribution is 8.00. The summed E-state index contributed by atoms with van der Waals surface area (Å²) >= 11 is 1.47. The highest BCUT2D eigenvalue weighted by Crippen LogP contribution is 2.38. The third-order valence-electron chi connectivity index (χ3n) is 5.58. The molecule has 1 aliphatic heterocycles. The molecule has 0 atom stereocenters. The van der Waals surface area contributed by atoms with Crippen LogP contribution >= 0.6 is 11.8 Å². The average molecular weight is 472 g/mol.